The van der Waals surface area contributed by atoms with E-state index in [0.29, 0.717) is 6.10 Å². The molecule has 3 rings (SSSR count). The van der Waals surface area contributed by atoms with Gasteiger partial charge in [0.2, 0.25) is 0 Å². The van der Waals surface area contributed by atoms with Gasteiger partial charge in [0, 0.05) is 19.2 Å². The molecular weight excluding hydrogens is 186 g/mol. The summed E-state index contributed by atoms with van der Waals surface area (Å²) in [4.78, 5) is 0. The Kier molecular flexibility index (Phi) is 2.73. The zero-order valence-electron chi connectivity index (χ0n) is 9.74. The standard InChI is InChI=1S/C13H23NO/c1-15-12-5-4-11(8-12)14-13-7-9-2-3-10(13)6-9/h9-14H,2-8H2,1H3. The average molecular weight is 209 g/mol. The summed E-state index contributed by atoms with van der Waals surface area (Å²) in [5, 5.41) is 3.89. The Labute approximate surface area is 92.8 Å². The van der Waals surface area contributed by atoms with Gasteiger partial charge in [-0.15, -0.1) is 0 Å². The molecule has 0 aromatic rings. The van der Waals surface area contributed by atoms with Crippen molar-refractivity contribution in [2.75, 3.05) is 7.11 Å². The maximum Gasteiger partial charge on any atom is 0.0586 e. The number of hydrogen-bond acceptors (Lipinski definition) is 2. The minimum atomic E-state index is 0.529. The van der Waals surface area contributed by atoms with Crippen LogP contribution in [0.15, 0.2) is 0 Å². The first-order valence-corrected chi connectivity index (χ1v) is 6.64. The first-order valence-electron chi connectivity index (χ1n) is 6.64. The van der Waals surface area contributed by atoms with Crippen LogP contribution in [0.2, 0.25) is 0 Å². The van der Waals surface area contributed by atoms with E-state index >= 15 is 0 Å². The molecule has 0 spiro atoms. The van der Waals surface area contributed by atoms with Crippen LogP contribution < -0.4 is 5.32 Å². The summed E-state index contributed by atoms with van der Waals surface area (Å²) in [6, 6.07) is 1.60. The summed E-state index contributed by atoms with van der Waals surface area (Å²) in [5.74, 6) is 2.07. The molecule has 0 amide bonds. The van der Waals surface area contributed by atoms with Crippen LogP contribution in [0.3, 0.4) is 0 Å². The quantitative estimate of drug-likeness (QED) is 0.770. The van der Waals surface area contributed by atoms with E-state index in [1.54, 1.807) is 0 Å². The van der Waals surface area contributed by atoms with Gasteiger partial charge in [-0.25, -0.2) is 0 Å². The summed E-state index contributed by atoms with van der Waals surface area (Å²) in [7, 11) is 1.85. The van der Waals surface area contributed by atoms with E-state index in [2.05, 4.69) is 5.32 Å². The predicted octanol–water partition coefficient (Wildman–Crippen LogP) is 2.33. The number of rotatable bonds is 3. The van der Waals surface area contributed by atoms with Gasteiger partial charge >= 0.3 is 0 Å². The van der Waals surface area contributed by atoms with E-state index in [1.165, 1.54) is 44.9 Å². The Morgan fingerprint density at radius 1 is 1.00 bits per heavy atom. The van der Waals surface area contributed by atoms with Crippen LogP contribution in [-0.2, 0) is 4.74 Å². The van der Waals surface area contributed by atoms with Gasteiger partial charge in [-0.05, 0) is 50.4 Å². The number of fused-ring (bicyclic) bond motifs is 2. The van der Waals surface area contributed by atoms with Crippen molar-refractivity contribution in [1.82, 2.24) is 5.32 Å². The Morgan fingerprint density at radius 3 is 2.53 bits per heavy atom. The molecule has 5 atom stereocenters. The van der Waals surface area contributed by atoms with Crippen LogP contribution >= 0.6 is 0 Å². The molecule has 15 heavy (non-hydrogen) atoms. The molecule has 0 saturated heterocycles. The van der Waals surface area contributed by atoms with Gasteiger partial charge in [0.25, 0.3) is 0 Å². The van der Waals surface area contributed by atoms with Crippen molar-refractivity contribution in [1.29, 1.82) is 0 Å². The third kappa shape index (κ3) is 1.94. The fraction of sp³-hybridized carbons (Fsp3) is 1.00. The molecule has 3 saturated carbocycles. The molecule has 3 aliphatic rings. The van der Waals surface area contributed by atoms with Crippen molar-refractivity contribution in [3.8, 4) is 0 Å². The van der Waals surface area contributed by atoms with Crippen LogP contribution in [0.5, 0.6) is 0 Å². The van der Waals surface area contributed by atoms with Crippen LogP contribution in [0.25, 0.3) is 0 Å². The maximum absolute atomic E-state index is 5.43. The largest absolute Gasteiger partial charge is 0.381 e. The SMILES string of the molecule is COC1CCC(NC2CC3CCC2C3)C1. The molecule has 0 aliphatic heterocycles. The van der Waals surface area contributed by atoms with Gasteiger partial charge < -0.3 is 10.1 Å². The lowest BCUT2D eigenvalue weighted by molar-refractivity contribution is 0.106. The molecule has 5 unspecified atom stereocenters. The molecule has 86 valence electrons. The monoisotopic (exact) mass is 209 g/mol. The smallest absolute Gasteiger partial charge is 0.0586 e. The van der Waals surface area contributed by atoms with Gasteiger partial charge in [-0.3, -0.25) is 0 Å². The molecule has 0 radical (unpaired) electrons. The lowest BCUT2D eigenvalue weighted by atomic mass is 9.94. The fourth-order valence-electron chi connectivity index (χ4n) is 4.06. The zero-order valence-corrected chi connectivity index (χ0v) is 9.74. The Bertz CT molecular complexity index is 231. The van der Waals surface area contributed by atoms with Crippen molar-refractivity contribution in [3.05, 3.63) is 0 Å². The van der Waals surface area contributed by atoms with E-state index in [1.807, 2.05) is 7.11 Å². The highest BCUT2D eigenvalue weighted by Crippen LogP contribution is 2.45. The molecule has 0 heterocycles. The highest BCUT2D eigenvalue weighted by Gasteiger charge is 2.40. The fourth-order valence-corrected chi connectivity index (χ4v) is 4.06. The zero-order chi connectivity index (χ0) is 10.3. The first kappa shape index (κ1) is 10.1. The van der Waals surface area contributed by atoms with Crippen LogP contribution in [0.4, 0.5) is 0 Å². The Balaban J connectivity index is 1.50. The number of methoxy groups -OCH3 is 1. The van der Waals surface area contributed by atoms with Crippen LogP contribution in [0.1, 0.15) is 44.9 Å². The van der Waals surface area contributed by atoms with E-state index in [9.17, 15) is 0 Å². The number of hydrogen-bond donors (Lipinski definition) is 1. The Morgan fingerprint density at radius 2 is 1.93 bits per heavy atom. The van der Waals surface area contributed by atoms with Gasteiger partial charge in [0.05, 0.1) is 6.10 Å². The van der Waals surface area contributed by atoms with Gasteiger partial charge in [0.15, 0.2) is 0 Å². The second-order valence-corrected chi connectivity index (χ2v) is 5.82. The first-order chi connectivity index (χ1) is 7.35. The van der Waals surface area contributed by atoms with Gasteiger partial charge in [-0.2, -0.15) is 0 Å². The topological polar surface area (TPSA) is 21.3 Å². The summed E-state index contributed by atoms with van der Waals surface area (Å²) >= 11 is 0. The van der Waals surface area contributed by atoms with E-state index < -0.39 is 0 Å². The summed E-state index contributed by atoms with van der Waals surface area (Å²) < 4.78 is 5.43. The third-order valence-electron chi connectivity index (χ3n) is 4.91. The molecule has 2 heteroatoms. The minimum absolute atomic E-state index is 0.529. The molecule has 3 fully saturated rings. The summed E-state index contributed by atoms with van der Waals surface area (Å²) in [5.41, 5.74) is 0. The predicted molar refractivity (Wildman–Crippen MR) is 60.8 cm³/mol. The third-order valence-corrected chi connectivity index (χ3v) is 4.91. The van der Waals surface area contributed by atoms with Gasteiger partial charge in [0.1, 0.15) is 0 Å². The molecule has 1 N–H and O–H groups in total. The van der Waals surface area contributed by atoms with Crippen LogP contribution in [-0.4, -0.2) is 25.3 Å². The van der Waals surface area contributed by atoms with Gasteiger partial charge in [-0.1, -0.05) is 6.42 Å². The van der Waals surface area contributed by atoms with E-state index in [4.69, 9.17) is 4.74 Å². The van der Waals surface area contributed by atoms with E-state index in [-0.39, 0.29) is 0 Å². The van der Waals surface area contributed by atoms with Crippen molar-refractivity contribution in [3.63, 3.8) is 0 Å². The second-order valence-electron chi connectivity index (χ2n) is 5.82. The molecule has 0 aromatic carbocycles. The molecule has 0 aromatic heterocycles. The lowest BCUT2D eigenvalue weighted by Gasteiger charge is -2.26. The van der Waals surface area contributed by atoms with E-state index in [0.717, 1.165) is 23.9 Å². The lowest BCUT2D eigenvalue weighted by Crippen LogP contribution is -2.40. The molecular formula is C13H23NO. The highest BCUT2D eigenvalue weighted by molar-refractivity contribution is 4.96. The number of ether oxygens (including phenoxy) is 1. The second kappa shape index (κ2) is 4.06. The van der Waals surface area contributed by atoms with Crippen molar-refractivity contribution in [2.24, 2.45) is 11.8 Å². The Hall–Kier alpha value is -0.0800. The highest BCUT2D eigenvalue weighted by atomic mass is 16.5. The van der Waals surface area contributed by atoms with Crippen molar-refractivity contribution < 1.29 is 4.74 Å². The molecule has 2 nitrogen and oxygen atoms in total. The molecule has 3 aliphatic carbocycles. The number of nitrogens with one attached hydrogen (secondary N) is 1. The van der Waals surface area contributed by atoms with Crippen molar-refractivity contribution >= 4 is 0 Å². The normalized spacial score (nSPS) is 49.0. The summed E-state index contributed by atoms with van der Waals surface area (Å²) in [6.45, 7) is 0. The molecule has 2 bridgehead atoms. The van der Waals surface area contributed by atoms with Crippen molar-refractivity contribution in [2.45, 2.75) is 63.1 Å². The van der Waals surface area contributed by atoms with Crippen LogP contribution in [0, 0.1) is 11.8 Å². The summed E-state index contributed by atoms with van der Waals surface area (Å²) in [6.07, 6.45) is 10.3. The average Bonchev–Trinajstić information content (AvgIpc) is 2.92. The minimum Gasteiger partial charge on any atom is -0.381 e. The maximum atomic E-state index is 5.43.